The molecule has 0 aliphatic heterocycles. The molecule has 1 heterocycles. The summed E-state index contributed by atoms with van der Waals surface area (Å²) in [4.78, 5) is 2.29. The minimum Gasteiger partial charge on any atom is -0.293 e. The van der Waals surface area contributed by atoms with Crippen LogP contribution in [0.4, 0.5) is 0 Å². The summed E-state index contributed by atoms with van der Waals surface area (Å²) >= 11 is 6.36. The second-order valence-corrected chi connectivity index (χ2v) is 7.78. The Morgan fingerprint density at radius 2 is 1.53 bits per heavy atom. The van der Waals surface area contributed by atoms with Gasteiger partial charge in [-0.2, -0.15) is 15.6 Å². The van der Waals surface area contributed by atoms with Crippen molar-refractivity contribution in [3.8, 4) is 12.1 Å². The number of aromatic nitrogens is 2. The number of halogens is 1. The summed E-state index contributed by atoms with van der Waals surface area (Å²) in [7, 11) is 0. The lowest BCUT2D eigenvalue weighted by Gasteiger charge is -2.28. The topological polar surface area (TPSA) is 68.6 Å². The van der Waals surface area contributed by atoms with Gasteiger partial charge in [0.2, 0.25) is 0 Å². The number of nitriles is 2. The first-order valence-electron chi connectivity index (χ1n) is 9.81. The average Bonchev–Trinajstić information content (AvgIpc) is 3.09. The highest BCUT2D eigenvalue weighted by molar-refractivity contribution is 6.18. The number of rotatable bonds is 8. The Morgan fingerprint density at radius 1 is 0.967 bits per heavy atom. The maximum absolute atomic E-state index is 9.23. The minimum absolute atomic E-state index is 0.0127. The van der Waals surface area contributed by atoms with Gasteiger partial charge < -0.3 is 0 Å². The molecule has 6 heteroatoms. The van der Waals surface area contributed by atoms with E-state index in [4.69, 9.17) is 11.6 Å². The molecule has 152 valence electrons. The molecule has 1 unspecified atom stereocenters. The zero-order chi connectivity index (χ0) is 21.5. The number of alkyl halides is 1. The lowest BCUT2D eigenvalue weighted by Crippen LogP contribution is -2.32. The van der Waals surface area contributed by atoms with Gasteiger partial charge in [-0.25, -0.2) is 0 Å². The zero-order valence-electron chi connectivity index (χ0n) is 17.2. The first kappa shape index (κ1) is 21.6. The van der Waals surface area contributed by atoms with Crippen LogP contribution in [0.1, 0.15) is 39.7 Å². The normalized spacial score (nSPS) is 11.8. The molecular formula is C24H24ClN5. The van der Waals surface area contributed by atoms with Gasteiger partial charge in [0.05, 0.1) is 35.0 Å². The van der Waals surface area contributed by atoms with Gasteiger partial charge in [-0.3, -0.25) is 9.58 Å². The molecule has 0 bridgehead atoms. The molecular weight excluding hydrogens is 394 g/mol. The summed E-state index contributed by atoms with van der Waals surface area (Å²) in [5.74, 6) is 0.439. The van der Waals surface area contributed by atoms with Crippen molar-refractivity contribution in [3.05, 3.63) is 88.2 Å². The van der Waals surface area contributed by atoms with Crippen LogP contribution in [-0.4, -0.2) is 27.1 Å². The minimum atomic E-state index is 0.0127. The Balaban J connectivity index is 1.88. The molecule has 0 fully saturated rings. The number of nitrogens with zero attached hydrogens (tertiary/aromatic N) is 5. The molecule has 0 spiro atoms. The molecule has 0 aliphatic rings. The molecule has 1 aromatic heterocycles. The molecule has 3 rings (SSSR count). The van der Waals surface area contributed by atoms with E-state index in [-0.39, 0.29) is 6.04 Å². The van der Waals surface area contributed by atoms with E-state index in [1.165, 1.54) is 0 Å². The van der Waals surface area contributed by atoms with Crippen molar-refractivity contribution in [1.82, 2.24) is 14.7 Å². The van der Waals surface area contributed by atoms with Crippen LogP contribution in [0.15, 0.2) is 54.6 Å². The van der Waals surface area contributed by atoms with Crippen LogP contribution in [0.2, 0.25) is 0 Å². The fourth-order valence-electron chi connectivity index (χ4n) is 3.69. The molecule has 3 aromatic rings. The highest BCUT2D eigenvalue weighted by Gasteiger charge is 2.19. The van der Waals surface area contributed by atoms with Crippen molar-refractivity contribution in [2.45, 2.75) is 33.0 Å². The summed E-state index contributed by atoms with van der Waals surface area (Å²) in [6.07, 6.45) is 0. The van der Waals surface area contributed by atoms with Gasteiger partial charge in [0, 0.05) is 31.2 Å². The van der Waals surface area contributed by atoms with Gasteiger partial charge in [0.15, 0.2) is 0 Å². The maximum Gasteiger partial charge on any atom is 0.0991 e. The van der Waals surface area contributed by atoms with Crippen molar-refractivity contribution in [2.75, 3.05) is 12.4 Å². The number of benzene rings is 2. The molecule has 0 saturated heterocycles. The van der Waals surface area contributed by atoms with Crippen LogP contribution < -0.4 is 0 Å². The average molecular weight is 418 g/mol. The molecule has 2 aromatic carbocycles. The molecule has 0 radical (unpaired) electrons. The van der Waals surface area contributed by atoms with E-state index in [1.807, 2.05) is 67.1 Å². The standard InChI is InChI=1S/C24H24ClN5/c1-18-9-19(2)30(28-18)24(12-25)17-29(15-22-7-3-5-20(10-22)13-26)16-23-8-4-6-21(11-23)14-27/h3-11,24H,12,15-17H2,1-2H3. The molecule has 30 heavy (non-hydrogen) atoms. The summed E-state index contributed by atoms with van der Waals surface area (Å²) in [6.45, 7) is 6.04. The second-order valence-electron chi connectivity index (χ2n) is 7.47. The van der Waals surface area contributed by atoms with Crippen LogP contribution in [0.3, 0.4) is 0 Å². The Hall–Kier alpha value is -3.12. The Morgan fingerprint density at radius 3 is 1.97 bits per heavy atom. The van der Waals surface area contributed by atoms with E-state index in [0.717, 1.165) is 22.5 Å². The summed E-state index contributed by atoms with van der Waals surface area (Å²) in [6, 6.07) is 21.8. The van der Waals surface area contributed by atoms with Gasteiger partial charge in [0.1, 0.15) is 0 Å². The zero-order valence-corrected chi connectivity index (χ0v) is 18.0. The van der Waals surface area contributed by atoms with Crippen molar-refractivity contribution in [3.63, 3.8) is 0 Å². The SMILES string of the molecule is Cc1cc(C)n(C(CCl)CN(Cc2cccc(C#N)c2)Cc2cccc(C#N)c2)n1. The summed E-state index contributed by atoms with van der Waals surface area (Å²) in [5.41, 5.74) is 5.46. The van der Waals surface area contributed by atoms with Crippen LogP contribution in [0.25, 0.3) is 0 Å². The maximum atomic E-state index is 9.23. The van der Waals surface area contributed by atoms with Gasteiger partial charge in [-0.1, -0.05) is 24.3 Å². The van der Waals surface area contributed by atoms with Crippen LogP contribution in [-0.2, 0) is 13.1 Å². The highest BCUT2D eigenvalue weighted by Crippen LogP contribution is 2.19. The van der Waals surface area contributed by atoms with E-state index in [0.29, 0.717) is 36.6 Å². The predicted molar refractivity (Wildman–Crippen MR) is 118 cm³/mol. The van der Waals surface area contributed by atoms with E-state index in [2.05, 4.69) is 28.2 Å². The monoisotopic (exact) mass is 417 g/mol. The molecule has 5 nitrogen and oxygen atoms in total. The van der Waals surface area contributed by atoms with Gasteiger partial charge in [-0.05, 0) is 55.3 Å². The molecule has 0 aliphatic carbocycles. The first-order chi connectivity index (χ1) is 14.5. The molecule has 0 amide bonds. The third-order valence-electron chi connectivity index (χ3n) is 4.96. The van der Waals surface area contributed by atoms with E-state index in [9.17, 15) is 10.5 Å². The van der Waals surface area contributed by atoms with Crippen molar-refractivity contribution in [1.29, 1.82) is 10.5 Å². The summed E-state index contributed by atoms with van der Waals surface area (Å²) < 4.78 is 1.99. The number of aryl methyl sites for hydroxylation is 2. The molecule has 0 N–H and O–H groups in total. The smallest absolute Gasteiger partial charge is 0.0991 e. The van der Waals surface area contributed by atoms with Crippen molar-refractivity contribution in [2.24, 2.45) is 0 Å². The Kier molecular flexibility index (Phi) is 7.25. The quantitative estimate of drug-likeness (QED) is 0.497. The lowest BCUT2D eigenvalue weighted by atomic mass is 10.1. The largest absolute Gasteiger partial charge is 0.293 e. The van der Waals surface area contributed by atoms with Crippen molar-refractivity contribution >= 4 is 11.6 Å². The van der Waals surface area contributed by atoms with Gasteiger partial charge in [-0.15, -0.1) is 11.6 Å². The predicted octanol–water partition coefficient (Wildman–Crippen LogP) is 4.73. The number of hydrogen-bond acceptors (Lipinski definition) is 4. The Labute approximate surface area is 182 Å². The number of hydrogen-bond donors (Lipinski definition) is 0. The fraction of sp³-hybridized carbons (Fsp3) is 0.292. The van der Waals surface area contributed by atoms with E-state index in [1.54, 1.807) is 0 Å². The van der Waals surface area contributed by atoms with Crippen LogP contribution in [0.5, 0.6) is 0 Å². The first-order valence-corrected chi connectivity index (χ1v) is 10.3. The Bertz CT molecular complexity index is 1030. The second kappa shape index (κ2) is 10.1. The third kappa shape index (κ3) is 5.48. The fourth-order valence-corrected chi connectivity index (χ4v) is 3.91. The van der Waals surface area contributed by atoms with Gasteiger partial charge in [0.25, 0.3) is 0 Å². The van der Waals surface area contributed by atoms with E-state index >= 15 is 0 Å². The summed E-state index contributed by atoms with van der Waals surface area (Å²) in [5, 5.41) is 23.1. The highest BCUT2D eigenvalue weighted by atomic mass is 35.5. The third-order valence-corrected chi connectivity index (χ3v) is 5.32. The van der Waals surface area contributed by atoms with Crippen LogP contribution in [0, 0.1) is 36.5 Å². The van der Waals surface area contributed by atoms with Gasteiger partial charge >= 0.3 is 0 Å². The van der Waals surface area contributed by atoms with Crippen molar-refractivity contribution < 1.29 is 0 Å². The molecule has 1 atom stereocenters. The lowest BCUT2D eigenvalue weighted by molar-refractivity contribution is 0.215. The van der Waals surface area contributed by atoms with E-state index < -0.39 is 0 Å². The van der Waals surface area contributed by atoms with Crippen LogP contribution >= 0.6 is 11.6 Å². The molecule has 0 saturated carbocycles.